The fraction of sp³-hybridized carbons (Fsp3) is 0.812. The summed E-state index contributed by atoms with van der Waals surface area (Å²) in [6, 6.07) is 0.487. The Morgan fingerprint density at radius 3 is 2.85 bits per heavy atom. The van der Waals surface area contributed by atoms with Crippen molar-refractivity contribution in [2.45, 2.75) is 59.4 Å². The van der Waals surface area contributed by atoms with Crippen molar-refractivity contribution in [3.8, 4) is 0 Å². The number of aromatic nitrogens is 1. The zero-order chi connectivity index (χ0) is 14.5. The third-order valence-electron chi connectivity index (χ3n) is 3.82. The summed E-state index contributed by atoms with van der Waals surface area (Å²) < 4.78 is 0. The van der Waals surface area contributed by atoms with Crippen LogP contribution >= 0.6 is 11.3 Å². The van der Waals surface area contributed by atoms with Crippen LogP contribution in [0.15, 0.2) is 0 Å². The molecule has 0 saturated heterocycles. The molecule has 1 aromatic heterocycles. The molecule has 0 aromatic carbocycles. The maximum atomic E-state index is 4.99. The molecule has 1 aliphatic carbocycles. The van der Waals surface area contributed by atoms with E-state index >= 15 is 0 Å². The molecule has 1 aliphatic rings. The Labute approximate surface area is 127 Å². The lowest BCUT2D eigenvalue weighted by atomic mass is 9.97. The summed E-state index contributed by atoms with van der Waals surface area (Å²) in [6.07, 6.45) is 4.95. The number of rotatable bonds is 7. The highest BCUT2D eigenvalue weighted by atomic mass is 32.1. The topological polar surface area (TPSA) is 28.2 Å². The highest BCUT2D eigenvalue weighted by molar-refractivity contribution is 7.15. The number of thiazole rings is 1. The van der Waals surface area contributed by atoms with E-state index in [9.17, 15) is 0 Å². The summed E-state index contributed by atoms with van der Waals surface area (Å²) in [6.45, 7) is 12.3. The Morgan fingerprint density at radius 1 is 1.40 bits per heavy atom. The molecule has 1 aromatic rings. The van der Waals surface area contributed by atoms with Crippen molar-refractivity contribution in [3.63, 3.8) is 0 Å². The molecule has 4 heteroatoms. The third-order valence-corrected chi connectivity index (χ3v) is 5.01. The van der Waals surface area contributed by atoms with E-state index in [-0.39, 0.29) is 0 Å². The van der Waals surface area contributed by atoms with Crippen molar-refractivity contribution in [3.05, 3.63) is 10.6 Å². The maximum absolute atomic E-state index is 4.99. The van der Waals surface area contributed by atoms with Gasteiger partial charge in [-0.1, -0.05) is 20.8 Å². The van der Waals surface area contributed by atoms with Crippen molar-refractivity contribution >= 4 is 16.5 Å². The van der Waals surface area contributed by atoms with Crippen LogP contribution in [-0.2, 0) is 6.42 Å². The number of hydrogen-bond donors (Lipinski definition) is 1. The van der Waals surface area contributed by atoms with Crippen LogP contribution in [0.2, 0.25) is 0 Å². The van der Waals surface area contributed by atoms with Crippen molar-refractivity contribution in [2.75, 3.05) is 24.5 Å². The summed E-state index contributed by atoms with van der Waals surface area (Å²) in [7, 11) is 0. The predicted octanol–water partition coefficient (Wildman–Crippen LogP) is 4.00. The van der Waals surface area contributed by atoms with E-state index in [1.165, 1.54) is 41.4 Å². The van der Waals surface area contributed by atoms with Gasteiger partial charge >= 0.3 is 0 Å². The lowest BCUT2D eigenvalue weighted by Crippen LogP contribution is -2.28. The Balaban J connectivity index is 2.15. The number of aryl methyl sites for hydroxylation is 1. The van der Waals surface area contributed by atoms with E-state index in [2.05, 4.69) is 37.9 Å². The molecule has 0 amide bonds. The molecule has 0 fully saturated rings. The number of fused-ring (bicyclic) bond motifs is 1. The lowest BCUT2D eigenvalue weighted by molar-refractivity contribution is 0.454. The molecule has 20 heavy (non-hydrogen) atoms. The highest BCUT2D eigenvalue weighted by Crippen LogP contribution is 2.36. The maximum Gasteiger partial charge on any atom is 0.185 e. The average Bonchev–Trinajstić information content (AvgIpc) is 2.86. The SMILES string of the molecule is CCCNC1CCCc2sc(N(CC)CC(C)C)nc21. The number of nitrogens with zero attached hydrogens (tertiary/aromatic N) is 2. The van der Waals surface area contributed by atoms with E-state index < -0.39 is 0 Å². The van der Waals surface area contributed by atoms with E-state index in [0.29, 0.717) is 12.0 Å². The number of anilines is 1. The van der Waals surface area contributed by atoms with Crippen LogP contribution in [0, 0.1) is 5.92 Å². The van der Waals surface area contributed by atoms with E-state index in [1.54, 1.807) is 0 Å². The molecule has 0 bridgehead atoms. The van der Waals surface area contributed by atoms with Gasteiger partial charge in [0.2, 0.25) is 0 Å². The molecule has 0 saturated carbocycles. The second-order valence-electron chi connectivity index (χ2n) is 6.14. The molecule has 2 rings (SSSR count). The van der Waals surface area contributed by atoms with Gasteiger partial charge in [0.05, 0.1) is 11.7 Å². The first-order valence-corrected chi connectivity index (χ1v) is 8.95. The van der Waals surface area contributed by atoms with E-state index in [0.717, 1.165) is 19.6 Å². The van der Waals surface area contributed by atoms with Gasteiger partial charge < -0.3 is 10.2 Å². The Bertz CT molecular complexity index is 414. The minimum atomic E-state index is 0.487. The van der Waals surface area contributed by atoms with Crippen molar-refractivity contribution < 1.29 is 0 Å². The van der Waals surface area contributed by atoms with Crippen molar-refractivity contribution in [1.29, 1.82) is 0 Å². The van der Waals surface area contributed by atoms with Gasteiger partial charge in [-0.2, -0.15) is 0 Å². The van der Waals surface area contributed by atoms with Crippen LogP contribution < -0.4 is 10.2 Å². The summed E-state index contributed by atoms with van der Waals surface area (Å²) in [5.74, 6) is 0.685. The van der Waals surface area contributed by atoms with Gasteiger partial charge in [-0.15, -0.1) is 11.3 Å². The lowest BCUT2D eigenvalue weighted by Gasteiger charge is -2.22. The monoisotopic (exact) mass is 295 g/mol. The third kappa shape index (κ3) is 3.73. The van der Waals surface area contributed by atoms with Crippen LogP contribution in [0.25, 0.3) is 0 Å². The van der Waals surface area contributed by atoms with Crippen molar-refractivity contribution in [1.82, 2.24) is 10.3 Å². The predicted molar refractivity (Wildman–Crippen MR) is 88.8 cm³/mol. The van der Waals surface area contributed by atoms with Gasteiger partial charge in [0.1, 0.15) is 0 Å². The molecule has 114 valence electrons. The molecule has 3 nitrogen and oxygen atoms in total. The summed E-state index contributed by atoms with van der Waals surface area (Å²) in [4.78, 5) is 8.94. The van der Waals surface area contributed by atoms with Gasteiger partial charge in [0.15, 0.2) is 5.13 Å². The first-order valence-electron chi connectivity index (χ1n) is 8.13. The molecule has 0 aliphatic heterocycles. The molecule has 1 heterocycles. The van der Waals surface area contributed by atoms with Gasteiger partial charge in [0, 0.05) is 18.0 Å². The second kappa shape index (κ2) is 7.41. The normalized spacial score (nSPS) is 18.4. The molecule has 0 radical (unpaired) electrons. The minimum Gasteiger partial charge on any atom is -0.348 e. The first-order chi connectivity index (χ1) is 9.65. The Morgan fingerprint density at radius 2 is 2.20 bits per heavy atom. The van der Waals surface area contributed by atoms with Gasteiger partial charge in [-0.25, -0.2) is 4.98 Å². The molecular formula is C16H29N3S. The van der Waals surface area contributed by atoms with Crippen LogP contribution in [0.4, 0.5) is 5.13 Å². The van der Waals surface area contributed by atoms with Gasteiger partial charge in [-0.05, 0) is 45.1 Å². The Hall–Kier alpha value is -0.610. The van der Waals surface area contributed by atoms with Crippen LogP contribution in [0.1, 0.15) is 63.6 Å². The second-order valence-corrected chi connectivity index (χ2v) is 7.20. The Kier molecular flexibility index (Phi) is 5.85. The summed E-state index contributed by atoms with van der Waals surface area (Å²) in [5, 5.41) is 4.90. The minimum absolute atomic E-state index is 0.487. The number of hydrogen-bond acceptors (Lipinski definition) is 4. The largest absolute Gasteiger partial charge is 0.348 e. The van der Waals surface area contributed by atoms with Crippen LogP contribution in [-0.4, -0.2) is 24.6 Å². The molecule has 1 unspecified atom stereocenters. The van der Waals surface area contributed by atoms with E-state index in [4.69, 9.17) is 4.98 Å². The fourth-order valence-electron chi connectivity index (χ4n) is 2.84. The standard InChI is InChI=1S/C16H29N3S/c1-5-10-17-13-8-7-9-14-15(13)18-16(20-14)19(6-2)11-12(3)4/h12-13,17H,5-11H2,1-4H3. The first kappa shape index (κ1) is 15.8. The summed E-state index contributed by atoms with van der Waals surface area (Å²) in [5.41, 5.74) is 1.34. The average molecular weight is 295 g/mol. The quantitative estimate of drug-likeness (QED) is 0.824. The molecule has 1 atom stereocenters. The zero-order valence-electron chi connectivity index (χ0n) is 13.4. The molecule has 0 spiro atoms. The smallest absolute Gasteiger partial charge is 0.185 e. The van der Waals surface area contributed by atoms with Crippen molar-refractivity contribution in [2.24, 2.45) is 5.92 Å². The van der Waals surface area contributed by atoms with Gasteiger partial charge in [-0.3, -0.25) is 0 Å². The molecular weight excluding hydrogens is 266 g/mol. The number of nitrogens with one attached hydrogen (secondary N) is 1. The van der Waals surface area contributed by atoms with Crippen LogP contribution in [0.5, 0.6) is 0 Å². The zero-order valence-corrected chi connectivity index (χ0v) is 14.2. The molecule has 1 N–H and O–H groups in total. The van der Waals surface area contributed by atoms with Crippen LogP contribution in [0.3, 0.4) is 0 Å². The van der Waals surface area contributed by atoms with E-state index in [1.807, 2.05) is 11.3 Å². The fourth-order valence-corrected chi connectivity index (χ4v) is 4.08. The highest BCUT2D eigenvalue weighted by Gasteiger charge is 2.25. The van der Waals surface area contributed by atoms with Gasteiger partial charge in [0.25, 0.3) is 0 Å². The summed E-state index contributed by atoms with van der Waals surface area (Å²) >= 11 is 1.92.